The van der Waals surface area contributed by atoms with E-state index in [-0.39, 0.29) is 11.8 Å². The van der Waals surface area contributed by atoms with Crippen molar-refractivity contribution in [2.45, 2.75) is 32.1 Å². The van der Waals surface area contributed by atoms with Crippen LogP contribution in [-0.2, 0) is 4.79 Å². The molecule has 0 bridgehead atoms. The summed E-state index contributed by atoms with van der Waals surface area (Å²) >= 11 is 3.16. The van der Waals surface area contributed by atoms with Crippen LogP contribution in [0.1, 0.15) is 42.5 Å². The maximum absolute atomic E-state index is 11.8. The van der Waals surface area contributed by atoms with Crippen molar-refractivity contribution in [2.24, 2.45) is 0 Å². The van der Waals surface area contributed by atoms with E-state index in [9.17, 15) is 9.59 Å². The quantitative estimate of drug-likeness (QED) is 0.836. The van der Waals surface area contributed by atoms with E-state index < -0.39 is 0 Å². The van der Waals surface area contributed by atoms with Crippen LogP contribution in [0.2, 0.25) is 0 Å². The molecule has 1 aromatic heterocycles. The van der Waals surface area contributed by atoms with Gasteiger partial charge in [-0.1, -0.05) is 6.42 Å². The lowest BCUT2D eigenvalue weighted by molar-refractivity contribution is -0.130. The summed E-state index contributed by atoms with van der Waals surface area (Å²) in [5.74, 6) is 0.0919. The molecule has 0 aliphatic carbocycles. The molecule has 5 nitrogen and oxygen atoms in total. The fourth-order valence-electron chi connectivity index (χ4n) is 2.28. The van der Waals surface area contributed by atoms with Gasteiger partial charge in [-0.3, -0.25) is 9.59 Å². The summed E-state index contributed by atoms with van der Waals surface area (Å²) in [6.45, 7) is 2.13. The van der Waals surface area contributed by atoms with Crippen molar-refractivity contribution >= 4 is 27.7 Å². The van der Waals surface area contributed by atoms with Crippen LogP contribution in [0, 0.1) is 0 Å². The predicted octanol–water partition coefficient (Wildman–Crippen LogP) is 2.56. The van der Waals surface area contributed by atoms with Crippen molar-refractivity contribution < 1.29 is 14.0 Å². The van der Waals surface area contributed by atoms with Gasteiger partial charge in [-0.25, -0.2) is 0 Å². The highest BCUT2D eigenvalue weighted by molar-refractivity contribution is 9.10. The van der Waals surface area contributed by atoms with Crippen molar-refractivity contribution in [1.29, 1.82) is 0 Å². The van der Waals surface area contributed by atoms with Gasteiger partial charge in [-0.2, -0.15) is 0 Å². The van der Waals surface area contributed by atoms with E-state index in [0.717, 1.165) is 32.2 Å². The van der Waals surface area contributed by atoms with Gasteiger partial charge in [0.2, 0.25) is 5.91 Å². The molecule has 1 fully saturated rings. The van der Waals surface area contributed by atoms with Gasteiger partial charge in [0.25, 0.3) is 5.91 Å². The SMILES string of the molecule is O=C(NCCCN1CCCCCC1=O)c1coc(Br)c1. The molecule has 1 aliphatic heterocycles. The summed E-state index contributed by atoms with van der Waals surface area (Å²) in [6.07, 6.45) is 6.07. The summed E-state index contributed by atoms with van der Waals surface area (Å²) in [5.41, 5.74) is 0.503. The molecular weight excluding hydrogens is 324 g/mol. The summed E-state index contributed by atoms with van der Waals surface area (Å²) in [6, 6.07) is 1.63. The van der Waals surface area contributed by atoms with Crippen LogP contribution in [0.5, 0.6) is 0 Å². The van der Waals surface area contributed by atoms with Crippen molar-refractivity contribution in [1.82, 2.24) is 10.2 Å². The molecule has 1 saturated heterocycles. The third-order valence-electron chi connectivity index (χ3n) is 3.39. The van der Waals surface area contributed by atoms with Crippen LogP contribution < -0.4 is 5.32 Å². The summed E-state index contributed by atoms with van der Waals surface area (Å²) in [4.78, 5) is 25.5. The van der Waals surface area contributed by atoms with Crippen molar-refractivity contribution in [3.63, 3.8) is 0 Å². The Morgan fingerprint density at radius 3 is 3.00 bits per heavy atom. The molecule has 0 spiro atoms. The molecule has 2 rings (SSSR count). The lowest BCUT2D eigenvalue weighted by atomic mass is 10.2. The maximum Gasteiger partial charge on any atom is 0.254 e. The molecule has 0 saturated carbocycles. The molecule has 0 aromatic carbocycles. The molecule has 0 atom stereocenters. The number of carbonyl (C=O) groups is 2. The lowest BCUT2D eigenvalue weighted by Crippen LogP contribution is -2.33. The molecule has 0 unspecified atom stereocenters. The number of nitrogens with zero attached hydrogens (tertiary/aromatic N) is 1. The van der Waals surface area contributed by atoms with Crippen molar-refractivity contribution in [3.8, 4) is 0 Å². The fourth-order valence-corrected chi connectivity index (χ4v) is 2.62. The average Bonchev–Trinajstić information content (AvgIpc) is 2.76. The number of carbonyl (C=O) groups excluding carboxylic acids is 2. The molecule has 0 radical (unpaired) electrons. The van der Waals surface area contributed by atoms with Gasteiger partial charge in [-0.05, 0) is 35.2 Å². The smallest absolute Gasteiger partial charge is 0.254 e. The van der Waals surface area contributed by atoms with Crippen LogP contribution in [0.3, 0.4) is 0 Å². The molecule has 2 heterocycles. The highest BCUT2D eigenvalue weighted by Crippen LogP contribution is 2.14. The number of nitrogens with one attached hydrogen (secondary N) is 1. The van der Waals surface area contributed by atoms with Crippen LogP contribution in [0.4, 0.5) is 0 Å². The zero-order chi connectivity index (χ0) is 14.4. The minimum atomic E-state index is -0.151. The van der Waals surface area contributed by atoms with Gasteiger partial charge in [0, 0.05) is 32.1 Å². The number of rotatable bonds is 5. The first-order chi connectivity index (χ1) is 9.66. The van der Waals surface area contributed by atoms with E-state index in [1.165, 1.54) is 6.26 Å². The third kappa shape index (κ3) is 4.37. The molecule has 1 aromatic rings. The first kappa shape index (κ1) is 15.1. The Balaban J connectivity index is 1.68. The predicted molar refractivity (Wildman–Crippen MR) is 78.4 cm³/mol. The van der Waals surface area contributed by atoms with Gasteiger partial charge in [0.1, 0.15) is 6.26 Å². The molecular formula is C14H19BrN2O3. The van der Waals surface area contributed by atoms with Crippen LogP contribution in [0.25, 0.3) is 0 Å². The Kier molecular flexibility index (Phi) is 5.64. The second-order valence-corrected chi connectivity index (χ2v) is 5.72. The van der Waals surface area contributed by atoms with E-state index in [0.29, 0.717) is 29.7 Å². The molecule has 6 heteroatoms. The number of hydrogen-bond acceptors (Lipinski definition) is 3. The van der Waals surface area contributed by atoms with Gasteiger partial charge < -0.3 is 14.6 Å². The maximum atomic E-state index is 11.8. The number of likely N-dealkylation sites (tertiary alicyclic amines) is 1. The normalized spacial score (nSPS) is 16.1. The second kappa shape index (κ2) is 7.47. The number of amides is 2. The molecule has 110 valence electrons. The van der Waals surface area contributed by atoms with Crippen LogP contribution in [0.15, 0.2) is 21.4 Å². The van der Waals surface area contributed by atoms with Gasteiger partial charge in [0.05, 0.1) is 5.56 Å². The van der Waals surface area contributed by atoms with Gasteiger partial charge in [0.15, 0.2) is 4.67 Å². The zero-order valence-electron chi connectivity index (χ0n) is 11.4. The monoisotopic (exact) mass is 342 g/mol. The van der Waals surface area contributed by atoms with Crippen LogP contribution >= 0.6 is 15.9 Å². The largest absolute Gasteiger partial charge is 0.457 e. The minimum absolute atomic E-state index is 0.151. The summed E-state index contributed by atoms with van der Waals surface area (Å²) in [7, 11) is 0. The number of furan rings is 1. The topological polar surface area (TPSA) is 62.6 Å². The lowest BCUT2D eigenvalue weighted by Gasteiger charge is -2.20. The van der Waals surface area contributed by atoms with Crippen molar-refractivity contribution in [2.75, 3.05) is 19.6 Å². The van der Waals surface area contributed by atoms with Gasteiger partial charge >= 0.3 is 0 Å². The average molecular weight is 343 g/mol. The van der Waals surface area contributed by atoms with E-state index in [1.807, 2.05) is 4.90 Å². The number of hydrogen-bond donors (Lipinski definition) is 1. The Morgan fingerprint density at radius 2 is 2.25 bits per heavy atom. The highest BCUT2D eigenvalue weighted by Gasteiger charge is 2.16. The van der Waals surface area contributed by atoms with Crippen molar-refractivity contribution in [3.05, 3.63) is 22.6 Å². The second-order valence-electron chi connectivity index (χ2n) is 4.94. The molecule has 1 aliphatic rings. The van der Waals surface area contributed by atoms with Crippen LogP contribution in [-0.4, -0.2) is 36.3 Å². The Labute approximate surface area is 126 Å². The Morgan fingerprint density at radius 1 is 1.40 bits per heavy atom. The minimum Gasteiger partial charge on any atom is -0.457 e. The van der Waals surface area contributed by atoms with E-state index in [1.54, 1.807) is 6.07 Å². The first-order valence-corrected chi connectivity index (χ1v) is 7.76. The Bertz CT molecular complexity index is 473. The zero-order valence-corrected chi connectivity index (χ0v) is 12.9. The Hall–Kier alpha value is -1.30. The first-order valence-electron chi connectivity index (χ1n) is 6.97. The summed E-state index contributed by atoms with van der Waals surface area (Å²) in [5, 5.41) is 2.82. The fraction of sp³-hybridized carbons (Fsp3) is 0.571. The highest BCUT2D eigenvalue weighted by atomic mass is 79.9. The number of halogens is 1. The summed E-state index contributed by atoms with van der Waals surface area (Å²) < 4.78 is 5.56. The molecule has 2 amide bonds. The van der Waals surface area contributed by atoms with E-state index in [2.05, 4.69) is 21.2 Å². The van der Waals surface area contributed by atoms with E-state index >= 15 is 0 Å². The molecule has 1 N–H and O–H groups in total. The standard InChI is InChI=1S/C14H19BrN2O3/c15-12-9-11(10-20-12)14(19)16-6-4-8-17-7-3-1-2-5-13(17)18/h9-10H,1-8H2,(H,16,19). The third-order valence-corrected chi connectivity index (χ3v) is 3.81. The van der Waals surface area contributed by atoms with Gasteiger partial charge in [-0.15, -0.1) is 0 Å². The molecule has 20 heavy (non-hydrogen) atoms. The van der Waals surface area contributed by atoms with E-state index in [4.69, 9.17) is 4.42 Å².